The van der Waals surface area contributed by atoms with E-state index in [-0.39, 0.29) is 11.3 Å². The third-order valence-corrected chi connectivity index (χ3v) is 3.79. The monoisotopic (exact) mass is 308 g/mol. The summed E-state index contributed by atoms with van der Waals surface area (Å²) in [4.78, 5) is 26.7. The molecule has 1 heterocycles. The molecule has 5 nitrogen and oxygen atoms in total. The number of rotatable bonds is 4. The number of carbonyl (C=O) groups excluding carboxylic acids is 1. The molecule has 1 atom stereocenters. The number of aromatic nitrogens is 1. The normalized spacial score (nSPS) is 12.0. The van der Waals surface area contributed by atoms with Crippen LogP contribution in [0, 0.1) is 12.7 Å². The molecule has 1 aromatic heterocycles. The van der Waals surface area contributed by atoms with Gasteiger partial charge in [0.2, 0.25) is 0 Å². The Morgan fingerprint density at radius 3 is 2.67 bits per heavy atom. The van der Waals surface area contributed by atoms with E-state index in [1.54, 1.807) is 19.9 Å². The van der Waals surface area contributed by atoms with Crippen molar-refractivity contribution in [2.45, 2.75) is 19.9 Å². The molecule has 0 bridgehead atoms. The van der Waals surface area contributed by atoms with Crippen LogP contribution in [0.2, 0.25) is 0 Å². The summed E-state index contributed by atoms with van der Waals surface area (Å²) in [6, 6.07) is 3.61. The molecule has 21 heavy (non-hydrogen) atoms. The molecule has 0 aliphatic heterocycles. The van der Waals surface area contributed by atoms with Crippen molar-refractivity contribution in [1.29, 1.82) is 0 Å². The number of aryl methyl sites for hydroxylation is 1. The molecule has 110 valence electrons. The SMILES string of the molecule is Cc1cc(F)cc(C(=O)NC(C)c2nc(C(=O)O)cs2)c1. The van der Waals surface area contributed by atoms with Crippen LogP contribution < -0.4 is 5.32 Å². The molecular formula is C14H13FN2O3S. The van der Waals surface area contributed by atoms with Gasteiger partial charge in [0.05, 0.1) is 6.04 Å². The van der Waals surface area contributed by atoms with Crippen molar-refractivity contribution < 1.29 is 19.1 Å². The first-order valence-electron chi connectivity index (χ1n) is 6.13. The number of hydrogen-bond acceptors (Lipinski definition) is 4. The lowest BCUT2D eigenvalue weighted by atomic mass is 10.1. The number of carboxylic acids is 1. The Kier molecular flexibility index (Phi) is 4.32. The van der Waals surface area contributed by atoms with Crippen molar-refractivity contribution in [1.82, 2.24) is 10.3 Å². The Morgan fingerprint density at radius 1 is 1.38 bits per heavy atom. The topological polar surface area (TPSA) is 79.3 Å². The molecule has 0 radical (unpaired) electrons. The third kappa shape index (κ3) is 3.63. The van der Waals surface area contributed by atoms with Gasteiger partial charge in [-0.3, -0.25) is 4.79 Å². The highest BCUT2D eigenvalue weighted by Crippen LogP contribution is 2.19. The molecular weight excluding hydrogens is 295 g/mol. The Morgan fingerprint density at radius 2 is 2.10 bits per heavy atom. The van der Waals surface area contributed by atoms with Gasteiger partial charge in [0, 0.05) is 10.9 Å². The van der Waals surface area contributed by atoms with Gasteiger partial charge in [-0.25, -0.2) is 14.2 Å². The summed E-state index contributed by atoms with van der Waals surface area (Å²) >= 11 is 1.15. The van der Waals surface area contributed by atoms with E-state index in [1.807, 2.05) is 0 Å². The average Bonchev–Trinajstić information content (AvgIpc) is 2.87. The van der Waals surface area contributed by atoms with Crippen LogP contribution in [0.5, 0.6) is 0 Å². The second kappa shape index (κ2) is 6.01. The van der Waals surface area contributed by atoms with Crippen molar-refractivity contribution in [2.24, 2.45) is 0 Å². The van der Waals surface area contributed by atoms with Gasteiger partial charge in [0.25, 0.3) is 5.91 Å². The quantitative estimate of drug-likeness (QED) is 0.910. The van der Waals surface area contributed by atoms with Crippen LogP contribution in [0.4, 0.5) is 4.39 Å². The minimum Gasteiger partial charge on any atom is -0.476 e. The molecule has 0 aliphatic carbocycles. The van der Waals surface area contributed by atoms with Gasteiger partial charge in [0.15, 0.2) is 5.69 Å². The predicted molar refractivity (Wildman–Crippen MR) is 76.1 cm³/mol. The van der Waals surface area contributed by atoms with E-state index in [2.05, 4.69) is 10.3 Å². The Labute approximate surface area is 124 Å². The Hall–Kier alpha value is -2.28. The molecule has 2 aromatic rings. The maximum atomic E-state index is 13.3. The zero-order valence-corrected chi connectivity index (χ0v) is 12.2. The molecule has 0 aliphatic rings. The zero-order chi connectivity index (χ0) is 15.6. The van der Waals surface area contributed by atoms with Crippen LogP contribution in [-0.2, 0) is 0 Å². The van der Waals surface area contributed by atoms with Gasteiger partial charge in [-0.15, -0.1) is 11.3 Å². The molecule has 1 unspecified atom stereocenters. The summed E-state index contributed by atoms with van der Waals surface area (Å²) in [5.41, 5.74) is 0.808. The fourth-order valence-corrected chi connectivity index (χ4v) is 2.59. The van der Waals surface area contributed by atoms with E-state index in [4.69, 9.17) is 5.11 Å². The maximum absolute atomic E-state index is 13.3. The van der Waals surface area contributed by atoms with Gasteiger partial charge < -0.3 is 10.4 Å². The van der Waals surface area contributed by atoms with E-state index in [0.717, 1.165) is 17.4 Å². The summed E-state index contributed by atoms with van der Waals surface area (Å²) in [5.74, 6) is -2.02. The highest BCUT2D eigenvalue weighted by Gasteiger charge is 2.17. The predicted octanol–water partition coefficient (Wildman–Crippen LogP) is 2.78. The largest absolute Gasteiger partial charge is 0.476 e. The second-order valence-corrected chi connectivity index (χ2v) is 5.48. The van der Waals surface area contributed by atoms with Crippen molar-refractivity contribution in [3.05, 3.63) is 51.2 Å². The summed E-state index contributed by atoms with van der Waals surface area (Å²) in [5, 5.41) is 13.4. The van der Waals surface area contributed by atoms with Crippen LogP contribution in [0.3, 0.4) is 0 Å². The number of nitrogens with one attached hydrogen (secondary N) is 1. The first-order valence-corrected chi connectivity index (χ1v) is 7.01. The van der Waals surface area contributed by atoms with Crippen LogP contribution in [0.25, 0.3) is 0 Å². The minimum atomic E-state index is -1.11. The highest BCUT2D eigenvalue weighted by molar-refractivity contribution is 7.09. The van der Waals surface area contributed by atoms with Crippen molar-refractivity contribution in [3.8, 4) is 0 Å². The zero-order valence-electron chi connectivity index (χ0n) is 11.4. The number of carboxylic acid groups (broad SMARTS) is 1. The number of carbonyl (C=O) groups is 2. The fraction of sp³-hybridized carbons (Fsp3) is 0.214. The standard InChI is InChI=1S/C14H13FN2O3S/c1-7-3-9(5-10(15)4-7)12(18)16-8(2)13-17-11(6-21-13)14(19)20/h3-6,8H,1-2H3,(H,16,18)(H,19,20). The summed E-state index contributed by atoms with van der Waals surface area (Å²) in [7, 11) is 0. The molecule has 0 saturated heterocycles. The molecule has 0 spiro atoms. The van der Waals surface area contributed by atoms with E-state index in [9.17, 15) is 14.0 Å². The first kappa shape index (κ1) is 15.1. The number of aromatic carboxylic acids is 1. The number of nitrogens with zero attached hydrogens (tertiary/aromatic N) is 1. The molecule has 7 heteroatoms. The molecule has 1 aromatic carbocycles. The smallest absolute Gasteiger partial charge is 0.355 e. The van der Waals surface area contributed by atoms with Gasteiger partial charge in [0.1, 0.15) is 10.8 Å². The van der Waals surface area contributed by atoms with E-state index >= 15 is 0 Å². The fourth-order valence-electron chi connectivity index (χ4n) is 1.79. The van der Waals surface area contributed by atoms with E-state index < -0.39 is 23.7 Å². The van der Waals surface area contributed by atoms with Crippen LogP contribution >= 0.6 is 11.3 Å². The molecule has 1 amide bonds. The summed E-state index contributed by atoms with van der Waals surface area (Å²) in [6.45, 7) is 3.39. The van der Waals surface area contributed by atoms with Gasteiger partial charge in [-0.2, -0.15) is 0 Å². The van der Waals surface area contributed by atoms with Gasteiger partial charge >= 0.3 is 5.97 Å². The number of thiazole rings is 1. The average molecular weight is 308 g/mol. The van der Waals surface area contributed by atoms with Gasteiger partial charge in [-0.1, -0.05) is 0 Å². The lowest BCUT2D eigenvalue weighted by molar-refractivity contribution is 0.0691. The summed E-state index contributed by atoms with van der Waals surface area (Å²) in [6.07, 6.45) is 0. The van der Waals surface area contributed by atoms with Crippen LogP contribution in [0.15, 0.2) is 23.6 Å². The molecule has 2 N–H and O–H groups in total. The highest BCUT2D eigenvalue weighted by atomic mass is 32.1. The number of hydrogen-bond donors (Lipinski definition) is 2. The Balaban J connectivity index is 2.12. The molecule has 2 rings (SSSR count). The van der Waals surface area contributed by atoms with E-state index in [1.165, 1.54) is 11.4 Å². The number of amides is 1. The van der Waals surface area contributed by atoms with Gasteiger partial charge in [-0.05, 0) is 37.6 Å². The Bertz CT molecular complexity index is 679. The van der Waals surface area contributed by atoms with Crippen molar-refractivity contribution in [2.75, 3.05) is 0 Å². The lowest BCUT2D eigenvalue weighted by Crippen LogP contribution is -2.26. The number of halogens is 1. The molecule has 0 saturated carbocycles. The number of benzene rings is 1. The van der Waals surface area contributed by atoms with Crippen molar-refractivity contribution >= 4 is 23.2 Å². The third-order valence-electron chi connectivity index (χ3n) is 2.76. The van der Waals surface area contributed by atoms with E-state index in [0.29, 0.717) is 10.6 Å². The lowest BCUT2D eigenvalue weighted by Gasteiger charge is -2.11. The maximum Gasteiger partial charge on any atom is 0.355 e. The molecule has 0 fully saturated rings. The van der Waals surface area contributed by atoms with Crippen LogP contribution in [0.1, 0.15) is 44.4 Å². The first-order chi connectivity index (χ1) is 9.86. The minimum absolute atomic E-state index is 0.0577. The summed E-state index contributed by atoms with van der Waals surface area (Å²) < 4.78 is 13.3. The van der Waals surface area contributed by atoms with Crippen molar-refractivity contribution in [3.63, 3.8) is 0 Å². The second-order valence-electron chi connectivity index (χ2n) is 4.59. The van der Waals surface area contributed by atoms with Crippen LogP contribution in [-0.4, -0.2) is 22.0 Å².